The predicted octanol–water partition coefficient (Wildman–Crippen LogP) is 2.66. The molecule has 1 aromatic heterocycles. The van der Waals surface area contributed by atoms with E-state index in [9.17, 15) is 4.79 Å². The predicted molar refractivity (Wildman–Crippen MR) is 80.7 cm³/mol. The molecule has 0 fully saturated rings. The monoisotopic (exact) mass is 275 g/mol. The molecule has 0 aliphatic carbocycles. The number of amides is 1. The van der Waals surface area contributed by atoms with Crippen LogP contribution in [-0.2, 0) is 6.54 Å². The number of benzene rings is 2. The Morgan fingerprint density at radius 3 is 2.71 bits per heavy atom. The summed E-state index contributed by atoms with van der Waals surface area (Å²) in [5.74, 6) is -0.431. The number of carbonyl (C=O) groups excluding carboxylic acids is 1. The van der Waals surface area contributed by atoms with E-state index in [0.29, 0.717) is 17.7 Å². The van der Waals surface area contributed by atoms with Crippen LogP contribution in [0.4, 0.5) is 0 Å². The van der Waals surface area contributed by atoms with E-state index in [-0.39, 0.29) is 0 Å². The van der Waals surface area contributed by atoms with Crippen LogP contribution in [0.1, 0.15) is 21.5 Å². The summed E-state index contributed by atoms with van der Waals surface area (Å²) in [5, 5.41) is 10.0. The molecule has 4 nitrogen and oxygen atoms in total. The second-order valence-electron chi connectivity index (χ2n) is 4.82. The molecular weight excluding hydrogens is 262 g/mol. The lowest BCUT2D eigenvalue weighted by Gasteiger charge is -2.09. The summed E-state index contributed by atoms with van der Waals surface area (Å²) in [4.78, 5) is 11.5. The Labute approximate surface area is 122 Å². The van der Waals surface area contributed by atoms with Gasteiger partial charge in [-0.15, -0.1) is 0 Å². The first-order chi connectivity index (χ1) is 10.2. The van der Waals surface area contributed by atoms with Gasteiger partial charge in [-0.2, -0.15) is 5.26 Å². The van der Waals surface area contributed by atoms with Gasteiger partial charge in [0.15, 0.2) is 0 Å². The van der Waals surface area contributed by atoms with Crippen molar-refractivity contribution in [2.45, 2.75) is 6.54 Å². The Bertz CT molecular complexity index is 871. The Hall–Kier alpha value is -3.06. The zero-order chi connectivity index (χ0) is 14.8. The molecule has 1 heterocycles. The van der Waals surface area contributed by atoms with Crippen molar-refractivity contribution in [3.05, 3.63) is 71.4 Å². The fourth-order valence-corrected chi connectivity index (χ4v) is 2.54. The molecule has 2 N–H and O–H groups in total. The third kappa shape index (κ3) is 2.26. The van der Waals surface area contributed by atoms with Gasteiger partial charge in [0.25, 0.3) is 0 Å². The number of carbonyl (C=O) groups is 1. The van der Waals surface area contributed by atoms with Crippen LogP contribution < -0.4 is 5.73 Å². The van der Waals surface area contributed by atoms with Gasteiger partial charge in [0.2, 0.25) is 5.91 Å². The number of fused-ring (bicyclic) bond motifs is 1. The normalized spacial score (nSPS) is 10.4. The molecular formula is C17H13N3O. The topological polar surface area (TPSA) is 71.8 Å². The molecule has 0 aliphatic rings. The molecule has 3 aromatic rings. The highest BCUT2D eigenvalue weighted by atomic mass is 16.1. The molecule has 4 heteroatoms. The van der Waals surface area contributed by atoms with Gasteiger partial charge >= 0.3 is 0 Å². The van der Waals surface area contributed by atoms with Crippen LogP contribution >= 0.6 is 0 Å². The van der Waals surface area contributed by atoms with Gasteiger partial charge in [0, 0.05) is 29.2 Å². The summed E-state index contributed by atoms with van der Waals surface area (Å²) in [6, 6.07) is 17.0. The molecule has 0 atom stereocenters. The number of rotatable bonds is 3. The number of hydrogen-bond donors (Lipinski definition) is 1. The molecule has 0 aliphatic heterocycles. The van der Waals surface area contributed by atoms with Crippen LogP contribution in [0, 0.1) is 11.3 Å². The van der Waals surface area contributed by atoms with Crippen LogP contribution in [0.5, 0.6) is 0 Å². The summed E-state index contributed by atoms with van der Waals surface area (Å²) in [6.07, 6.45) is 1.92. The lowest BCUT2D eigenvalue weighted by molar-refractivity contribution is 0.0999. The quantitative estimate of drug-likeness (QED) is 0.798. The molecule has 0 unspecified atom stereocenters. The van der Waals surface area contributed by atoms with Gasteiger partial charge in [0.1, 0.15) is 0 Å². The van der Waals surface area contributed by atoms with Crippen molar-refractivity contribution in [2.75, 3.05) is 0 Å². The highest BCUT2D eigenvalue weighted by molar-refractivity contribution is 5.94. The smallest absolute Gasteiger partial charge is 0.249 e. The number of nitriles is 1. The van der Waals surface area contributed by atoms with Crippen molar-refractivity contribution in [1.82, 2.24) is 4.57 Å². The van der Waals surface area contributed by atoms with Crippen LogP contribution in [0.3, 0.4) is 0 Å². The van der Waals surface area contributed by atoms with E-state index < -0.39 is 5.91 Å². The Kier molecular flexibility index (Phi) is 3.17. The van der Waals surface area contributed by atoms with Crippen molar-refractivity contribution in [2.24, 2.45) is 5.73 Å². The first-order valence-corrected chi connectivity index (χ1v) is 6.56. The van der Waals surface area contributed by atoms with Gasteiger partial charge in [-0.25, -0.2) is 0 Å². The summed E-state index contributed by atoms with van der Waals surface area (Å²) in [7, 11) is 0. The first-order valence-electron chi connectivity index (χ1n) is 6.56. The maximum atomic E-state index is 11.5. The van der Waals surface area contributed by atoms with Crippen molar-refractivity contribution in [3.8, 4) is 6.07 Å². The van der Waals surface area contributed by atoms with Crippen molar-refractivity contribution >= 4 is 16.8 Å². The summed E-state index contributed by atoms with van der Waals surface area (Å²) in [5.41, 5.74) is 8.41. The van der Waals surface area contributed by atoms with Crippen LogP contribution in [0.25, 0.3) is 10.9 Å². The fourth-order valence-electron chi connectivity index (χ4n) is 2.54. The maximum Gasteiger partial charge on any atom is 0.249 e. The minimum Gasteiger partial charge on any atom is -0.366 e. The molecule has 0 saturated carbocycles. The van der Waals surface area contributed by atoms with E-state index in [0.717, 1.165) is 16.5 Å². The Morgan fingerprint density at radius 2 is 1.95 bits per heavy atom. The van der Waals surface area contributed by atoms with Crippen molar-refractivity contribution < 1.29 is 4.79 Å². The van der Waals surface area contributed by atoms with Crippen molar-refractivity contribution in [1.29, 1.82) is 5.26 Å². The summed E-state index contributed by atoms with van der Waals surface area (Å²) >= 11 is 0. The largest absolute Gasteiger partial charge is 0.366 e. The number of hydrogen-bond acceptors (Lipinski definition) is 2. The minimum absolute atomic E-state index is 0.431. The van der Waals surface area contributed by atoms with E-state index >= 15 is 0 Å². The zero-order valence-electron chi connectivity index (χ0n) is 11.3. The van der Waals surface area contributed by atoms with Gasteiger partial charge in [-0.05, 0) is 29.8 Å². The molecule has 2 aromatic carbocycles. The molecule has 102 valence electrons. The van der Waals surface area contributed by atoms with Gasteiger partial charge < -0.3 is 10.3 Å². The van der Waals surface area contributed by atoms with E-state index in [1.165, 1.54) is 0 Å². The second-order valence-corrected chi connectivity index (χ2v) is 4.82. The minimum atomic E-state index is -0.431. The number of nitrogens with zero attached hydrogens (tertiary/aromatic N) is 2. The van der Waals surface area contributed by atoms with Crippen LogP contribution in [-0.4, -0.2) is 10.5 Å². The first kappa shape index (κ1) is 12.9. The zero-order valence-corrected chi connectivity index (χ0v) is 11.3. The van der Waals surface area contributed by atoms with E-state index in [1.807, 2.05) is 41.1 Å². The fraction of sp³-hybridized carbons (Fsp3) is 0.0588. The third-order valence-electron chi connectivity index (χ3n) is 3.56. The maximum absolute atomic E-state index is 11.5. The lowest BCUT2D eigenvalue weighted by Crippen LogP contribution is -2.14. The number of nitrogens with two attached hydrogens (primary N) is 1. The third-order valence-corrected chi connectivity index (χ3v) is 3.56. The van der Waals surface area contributed by atoms with Crippen molar-refractivity contribution in [3.63, 3.8) is 0 Å². The van der Waals surface area contributed by atoms with E-state index in [2.05, 4.69) is 6.07 Å². The summed E-state index contributed by atoms with van der Waals surface area (Å²) in [6.45, 7) is 0.539. The van der Waals surface area contributed by atoms with Gasteiger partial charge in [-0.1, -0.05) is 24.3 Å². The van der Waals surface area contributed by atoms with Gasteiger partial charge in [-0.3, -0.25) is 4.79 Å². The van der Waals surface area contributed by atoms with E-state index in [1.54, 1.807) is 18.2 Å². The molecule has 0 radical (unpaired) electrons. The number of aromatic nitrogens is 1. The molecule has 1 amide bonds. The van der Waals surface area contributed by atoms with Crippen LogP contribution in [0.2, 0.25) is 0 Å². The number of primary amides is 1. The Balaban J connectivity index is 2.08. The second kappa shape index (κ2) is 5.14. The molecule has 0 bridgehead atoms. The average molecular weight is 275 g/mol. The van der Waals surface area contributed by atoms with Gasteiger partial charge in [0.05, 0.1) is 11.6 Å². The highest BCUT2D eigenvalue weighted by Gasteiger charge is 2.10. The Morgan fingerprint density at radius 1 is 1.14 bits per heavy atom. The standard InChI is InChI=1S/C17H13N3O/c18-10-12-5-3-7-16-14(12)8-9-20(16)11-13-4-1-2-6-15(13)17(19)21/h1-9H,11H2,(H2,19,21). The summed E-state index contributed by atoms with van der Waals surface area (Å²) < 4.78 is 2.01. The SMILES string of the molecule is N#Cc1cccc2c1ccn2Cc1ccccc1C(N)=O. The molecule has 21 heavy (non-hydrogen) atoms. The molecule has 0 saturated heterocycles. The average Bonchev–Trinajstić information content (AvgIpc) is 2.91. The highest BCUT2D eigenvalue weighted by Crippen LogP contribution is 2.21. The molecule has 3 rings (SSSR count). The lowest BCUT2D eigenvalue weighted by atomic mass is 10.1. The van der Waals surface area contributed by atoms with E-state index in [4.69, 9.17) is 11.0 Å². The molecule has 0 spiro atoms. The van der Waals surface area contributed by atoms with Crippen LogP contribution in [0.15, 0.2) is 54.7 Å².